The van der Waals surface area contributed by atoms with Crippen molar-refractivity contribution in [3.8, 4) is 11.5 Å². The Morgan fingerprint density at radius 1 is 1.28 bits per heavy atom. The normalized spacial score (nSPS) is 21.3. The molecule has 1 fully saturated rings. The molecular weight excluding hydrogens is 337 g/mol. The Kier molecular flexibility index (Phi) is 4.85. The van der Waals surface area contributed by atoms with Crippen molar-refractivity contribution >= 4 is 5.69 Å². The van der Waals surface area contributed by atoms with E-state index in [9.17, 15) is 18.0 Å². The van der Waals surface area contributed by atoms with Crippen LogP contribution in [0, 0.1) is 5.92 Å². The summed E-state index contributed by atoms with van der Waals surface area (Å²) < 4.78 is 44.7. The van der Waals surface area contributed by atoms with Gasteiger partial charge in [-0.3, -0.25) is 0 Å². The number of alkyl halides is 3. The fraction of sp³-hybridized carbons (Fsp3) is 0.500. The first-order valence-corrected chi connectivity index (χ1v) is 8.10. The van der Waals surface area contributed by atoms with E-state index < -0.39 is 17.5 Å². The second-order valence-electron chi connectivity index (χ2n) is 6.27. The zero-order valence-corrected chi connectivity index (χ0v) is 13.4. The number of nitrogens with zero attached hydrogens (tertiary/aromatic N) is 1. The highest BCUT2D eigenvalue weighted by molar-refractivity contribution is 5.65. The summed E-state index contributed by atoms with van der Waals surface area (Å²) in [6, 6.07) is 3.47. The van der Waals surface area contributed by atoms with Crippen molar-refractivity contribution in [3.63, 3.8) is 0 Å². The van der Waals surface area contributed by atoms with Gasteiger partial charge in [-0.1, -0.05) is 0 Å². The molecule has 9 heteroatoms. The van der Waals surface area contributed by atoms with Crippen molar-refractivity contribution in [1.29, 1.82) is 0 Å². The highest BCUT2D eigenvalue weighted by atomic mass is 19.4. The number of hydrogen-bond acceptors (Lipinski definition) is 5. The zero-order valence-electron chi connectivity index (χ0n) is 13.4. The summed E-state index contributed by atoms with van der Waals surface area (Å²) >= 11 is 0. The molecular formula is C16H19F3N4O2. The van der Waals surface area contributed by atoms with E-state index in [-0.39, 0.29) is 17.6 Å². The second-order valence-corrected chi connectivity index (χ2v) is 6.27. The van der Waals surface area contributed by atoms with E-state index in [1.807, 2.05) is 0 Å². The number of H-pyrrole nitrogens is 1. The number of rotatable bonds is 4. The molecule has 0 unspecified atom stereocenters. The zero-order chi connectivity index (χ0) is 18.0. The molecule has 0 spiro atoms. The molecule has 25 heavy (non-hydrogen) atoms. The smallest absolute Gasteiger partial charge is 0.388 e. The number of aromatic nitrogens is 2. The molecule has 0 aliphatic heterocycles. The molecule has 1 aromatic carbocycles. The molecule has 1 aliphatic carbocycles. The maximum Gasteiger partial charge on any atom is 0.434 e. The average molecular weight is 356 g/mol. The molecule has 1 aromatic heterocycles. The molecule has 1 saturated carbocycles. The van der Waals surface area contributed by atoms with Gasteiger partial charge in [0.25, 0.3) is 0 Å². The van der Waals surface area contributed by atoms with Crippen LogP contribution in [0.2, 0.25) is 0 Å². The van der Waals surface area contributed by atoms with Gasteiger partial charge in [0.1, 0.15) is 0 Å². The molecule has 1 heterocycles. The lowest BCUT2D eigenvalue weighted by Crippen LogP contribution is -2.29. The first-order chi connectivity index (χ1) is 11.9. The highest BCUT2D eigenvalue weighted by Crippen LogP contribution is 2.38. The van der Waals surface area contributed by atoms with Gasteiger partial charge in [-0.05, 0) is 56.3 Å². The van der Waals surface area contributed by atoms with Crippen molar-refractivity contribution in [2.75, 3.05) is 11.9 Å². The van der Waals surface area contributed by atoms with E-state index in [1.165, 1.54) is 12.1 Å². The molecule has 6 nitrogen and oxygen atoms in total. The van der Waals surface area contributed by atoms with Gasteiger partial charge in [0.15, 0.2) is 0 Å². The van der Waals surface area contributed by atoms with Crippen LogP contribution in [-0.2, 0) is 6.18 Å². The SMILES string of the molecule is NC[C@H]1CC[C@H](Nc2cc(-c3n[nH]c(=O)o3)ccc2C(F)(F)F)CC1. The molecule has 3 rings (SSSR count). The molecule has 0 bridgehead atoms. The van der Waals surface area contributed by atoms with Gasteiger partial charge in [0.2, 0.25) is 5.89 Å². The van der Waals surface area contributed by atoms with Gasteiger partial charge in [-0.15, -0.1) is 5.10 Å². The van der Waals surface area contributed by atoms with Crippen molar-refractivity contribution in [2.24, 2.45) is 11.7 Å². The summed E-state index contributed by atoms with van der Waals surface area (Å²) in [7, 11) is 0. The van der Waals surface area contributed by atoms with Crippen molar-refractivity contribution < 1.29 is 17.6 Å². The van der Waals surface area contributed by atoms with Gasteiger partial charge >= 0.3 is 11.9 Å². The van der Waals surface area contributed by atoms with E-state index in [1.54, 1.807) is 0 Å². The van der Waals surface area contributed by atoms with Crippen LogP contribution in [0.15, 0.2) is 27.4 Å². The average Bonchev–Trinajstić information content (AvgIpc) is 3.01. The Balaban J connectivity index is 1.88. The summed E-state index contributed by atoms with van der Waals surface area (Å²) in [5.41, 5.74) is 5.16. The van der Waals surface area contributed by atoms with E-state index in [0.717, 1.165) is 31.7 Å². The Morgan fingerprint density at radius 2 is 2.00 bits per heavy atom. The predicted molar refractivity (Wildman–Crippen MR) is 86.0 cm³/mol. The summed E-state index contributed by atoms with van der Waals surface area (Å²) in [5, 5.41) is 8.76. The molecule has 0 atom stereocenters. The monoisotopic (exact) mass is 356 g/mol. The third kappa shape index (κ3) is 4.04. The van der Waals surface area contributed by atoms with Crippen LogP contribution in [0.4, 0.5) is 18.9 Å². The van der Waals surface area contributed by atoms with Gasteiger partial charge in [0, 0.05) is 17.3 Å². The standard InChI is InChI=1S/C16H19F3N4O2/c17-16(18,19)12-6-3-10(14-22-23-15(24)25-14)7-13(12)21-11-4-1-9(8-20)2-5-11/h3,6-7,9,11,21H,1-2,4-5,8,20H2,(H,23,24)/t9-,11-. The minimum absolute atomic E-state index is 0.0353. The molecule has 4 N–H and O–H groups in total. The minimum Gasteiger partial charge on any atom is -0.388 e. The largest absolute Gasteiger partial charge is 0.434 e. The lowest BCUT2D eigenvalue weighted by atomic mass is 9.86. The summed E-state index contributed by atoms with van der Waals surface area (Å²) in [5.74, 6) is -0.372. The Morgan fingerprint density at radius 3 is 2.56 bits per heavy atom. The van der Waals surface area contributed by atoms with Gasteiger partial charge in [-0.2, -0.15) is 13.2 Å². The molecule has 2 aromatic rings. The number of hydrogen-bond donors (Lipinski definition) is 3. The number of aromatic amines is 1. The third-order valence-electron chi connectivity index (χ3n) is 4.55. The van der Waals surface area contributed by atoms with Crippen LogP contribution >= 0.6 is 0 Å². The first kappa shape index (κ1) is 17.5. The van der Waals surface area contributed by atoms with Crippen LogP contribution < -0.4 is 16.8 Å². The number of halogens is 3. The Hall–Kier alpha value is -2.29. The lowest BCUT2D eigenvalue weighted by molar-refractivity contribution is -0.137. The van der Waals surface area contributed by atoms with Crippen LogP contribution in [0.3, 0.4) is 0 Å². The third-order valence-corrected chi connectivity index (χ3v) is 4.55. The fourth-order valence-electron chi connectivity index (χ4n) is 3.16. The number of nitrogens with two attached hydrogens (primary N) is 1. The summed E-state index contributed by atoms with van der Waals surface area (Å²) in [6.07, 6.45) is -1.17. The second kappa shape index (κ2) is 6.91. The van der Waals surface area contributed by atoms with Crippen LogP contribution in [0.5, 0.6) is 0 Å². The van der Waals surface area contributed by atoms with Crippen molar-refractivity contribution in [2.45, 2.75) is 37.9 Å². The maximum absolute atomic E-state index is 13.3. The quantitative estimate of drug-likeness (QED) is 0.782. The summed E-state index contributed by atoms with van der Waals surface area (Å²) in [4.78, 5) is 11.1. The minimum atomic E-state index is -4.48. The van der Waals surface area contributed by atoms with E-state index >= 15 is 0 Å². The first-order valence-electron chi connectivity index (χ1n) is 8.10. The van der Waals surface area contributed by atoms with Crippen molar-refractivity contribution in [3.05, 3.63) is 34.3 Å². The Labute approximate surface area is 141 Å². The van der Waals surface area contributed by atoms with Gasteiger partial charge in [0.05, 0.1) is 5.56 Å². The van der Waals surface area contributed by atoms with E-state index in [2.05, 4.69) is 15.5 Å². The lowest BCUT2D eigenvalue weighted by Gasteiger charge is -2.30. The van der Waals surface area contributed by atoms with Crippen LogP contribution in [0.1, 0.15) is 31.2 Å². The maximum atomic E-state index is 13.3. The highest BCUT2D eigenvalue weighted by Gasteiger charge is 2.34. The number of benzene rings is 1. The molecule has 136 valence electrons. The number of nitrogens with one attached hydrogen (secondary N) is 2. The van der Waals surface area contributed by atoms with Gasteiger partial charge < -0.3 is 15.5 Å². The molecule has 0 amide bonds. The number of anilines is 1. The van der Waals surface area contributed by atoms with Crippen LogP contribution in [0.25, 0.3) is 11.5 Å². The summed E-state index contributed by atoms with van der Waals surface area (Å²) in [6.45, 7) is 0.605. The van der Waals surface area contributed by atoms with E-state index in [0.29, 0.717) is 18.0 Å². The predicted octanol–water partition coefficient (Wildman–Crippen LogP) is 2.98. The topological polar surface area (TPSA) is 96.9 Å². The van der Waals surface area contributed by atoms with Gasteiger partial charge in [-0.25, -0.2) is 9.89 Å². The Bertz CT molecular complexity index is 776. The van der Waals surface area contributed by atoms with E-state index in [4.69, 9.17) is 10.2 Å². The molecule has 0 saturated heterocycles. The molecule has 1 aliphatic rings. The fourth-order valence-corrected chi connectivity index (χ4v) is 3.16. The van der Waals surface area contributed by atoms with Crippen LogP contribution in [-0.4, -0.2) is 22.8 Å². The molecule has 0 radical (unpaired) electrons. The van der Waals surface area contributed by atoms with Crippen molar-refractivity contribution in [1.82, 2.24) is 10.2 Å².